The highest BCUT2D eigenvalue weighted by Gasteiger charge is 2.09. The van der Waals surface area contributed by atoms with Gasteiger partial charge in [-0.1, -0.05) is 36.5 Å². The van der Waals surface area contributed by atoms with Crippen LogP contribution in [0.3, 0.4) is 0 Å². The lowest BCUT2D eigenvalue weighted by molar-refractivity contribution is 0.980. The van der Waals surface area contributed by atoms with Crippen LogP contribution < -0.4 is 0 Å². The van der Waals surface area contributed by atoms with Gasteiger partial charge in [0, 0.05) is 34.9 Å². The molecule has 3 nitrogen and oxygen atoms in total. The molecule has 3 aromatic heterocycles. The van der Waals surface area contributed by atoms with Crippen LogP contribution >= 0.6 is 23.6 Å². The second kappa shape index (κ2) is 7.89. The number of aryl methyl sites for hydroxylation is 2. The van der Waals surface area contributed by atoms with Crippen molar-refractivity contribution in [3.8, 4) is 10.6 Å². The summed E-state index contributed by atoms with van der Waals surface area (Å²) in [4.78, 5) is 13.1. The van der Waals surface area contributed by atoms with Crippen LogP contribution in [-0.2, 0) is 12.8 Å². The van der Waals surface area contributed by atoms with Gasteiger partial charge in [-0.2, -0.15) is 0 Å². The van der Waals surface area contributed by atoms with E-state index < -0.39 is 0 Å². The predicted octanol–water partition coefficient (Wildman–Crippen LogP) is 5.62. The van der Waals surface area contributed by atoms with E-state index in [0.717, 1.165) is 41.2 Å². The molecule has 4 aromatic rings. The Labute approximate surface area is 162 Å². The minimum absolute atomic E-state index is 0.930. The number of hydrogen-bond donors (Lipinski definition) is 1. The van der Waals surface area contributed by atoms with Gasteiger partial charge in [0.2, 0.25) is 0 Å². The minimum atomic E-state index is 0.930. The van der Waals surface area contributed by atoms with E-state index in [1.54, 1.807) is 11.3 Å². The van der Waals surface area contributed by atoms with E-state index in [-0.39, 0.29) is 0 Å². The van der Waals surface area contributed by atoms with Gasteiger partial charge in [-0.15, -0.1) is 11.3 Å². The number of fused-ring (bicyclic) bond motifs is 1. The number of thiocarbonyl (C=S) groups is 1. The van der Waals surface area contributed by atoms with Crippen molar-refractivity contribution < 1.29 is 0 Å². The number of nitrogens with zero attached hydrogens (tertiary/aromatic N) is 2. The van der Waals surface area contributed by atoms with Crippen molar-refractivity contribution in [1.82, 2.24) is 15.0 Å². The normalized spacial score (nSPS) is 11.1. The number of hydrogen-bond acceptors (Lipinski definition) is 4. The lowest BCUT2D eigenvalue weighted by Gasteiger charge is -2.09. The molecule has 0 amide bonds. The summed E-state index contributed by atoms with van der Waals surface area (Å²) in [5.41, 5.74) is 4.81. The maximum Gasteiger partial charge on any atom is 0.137 e. The maximum absolute atomic E-state index is 5.66. The quantitative estimate of drug-likeness (QED) is 0.425. The van der Waals surface area contributed by atoms with Crippen molar-refractivity contribution in [3.63, 3.8) is 0 Å². The van der Waals surface area contributed by atoms with Crippen LogP contribution in [0.1, 0.15) is 24.0 Å². The molecule has 0 spiro atoms. The van der Waals surface area contributed by atoms with Gasteiger partial charge in [0.15, 0.2) is 0 Å². The molecule has 5 heteroatoms. The van der Waals surface area contributed by atoms with Gasteiger partial charge in [-0.3, -0.25) is 0 Å². The Morgan fingerprint density at radius 2 is 1.81 bits per heavy atom. The van der Waals surface area contributed by atoms with Crippen LogP contribution in [0.4, 0.5) is 0 Å². The molecule has 3 heterocycles. The number of benzene rings is 1. The Morgan fingerprint density at radius 1 is 0.962 bits per heavy atom. The Morgan fingerprint density at radius 3 is 2.65 bits per heavy atom. The summed E-state index contributed by atoms with van der Waals surface area (Å²) in [5, 5.41) is 4.30. The molecule has 0 bridgehead atoms. The van der Waals surface area contributed by atoms with Gasteiger partial charge in [0.25, 0.3) is 0 Å². The van der Waals surface area contributed by atoms with Gasteiger partial charge in [0.05, 0.1) is 0 Å². The first-order chi connectivity index (χ1) is 12.8. The molecule has 0 atom stereocenters. The van der Waals surface area contributed by atoms with Gasteiger partial charge >= 0.3 is 0 Å². The number of pyridine rings is 1. The molecule has 26 heavy (non-hydrogen) atoms. The summed E-state index contributed by atoms with van der Waals surface area (Å²) < 4.78 is 0. The van der Waals surface area contributed by atoms with Crippen LogP contribution in [0.15, 0.2) is 60.4 Å². The van der Waals surface area contributed by atoms with E-state index >= 15 is 0 Å². The van der Waals surface area contributed by atoms with Crippen LogP contribution in [0.5, 0.6) is 0 Å². The maximum atomic E-state index is 5.66. The minimum Gasteiger partial charge on any atom is -0.346 e. The fourth-order valence-corrected chi connectivity index (χ4v) is 4.12. The van der Waals surface area contributed by atoms with Crippen molar-refractivity contribution in [2.24, 2.45) is 0 Å². The highest BCUT2D eigenvalue weighted by Crippen LogP contribution is 2.26. The summed E-state index contributed by atoms with van der Waals surface area (Å²) in [5.74, 6) is 0. The van der Waals surface area contributed by atoms with Crippen molar-refractivity contribution in [2.75, 3.05) is 0 Å². The van der Waals surface area contributed by atoms with Gasteiger partial charge in [0.1, 0.15) is 10.7 Å². The molecule has 0 aliphatic carbocycles. The number of thiazole rings is 1. The van der Waals surface area contributed by atoms with Gasteiger partial charge < -0.3 is 4.98 Å². The van der Waals surface area contributed by atoms with E-state index in [1.165, 1.54) is 22.1 Å². The van der Waals surface area contributed by atoms with Crippen molar-refractivity contribution >= 4 is 39.5 Å². The van der Waals surface area contributed by atoms with Crippen LogP contribution in [0.2, 0.25) is 0 Å². The van der Waals surface area contributed by atoms with E-state index in [4.69, 9.17) is 12.2 Å². The van der Waals surface area contributed by atoms with E-state index in [2.05, 4.69) is 51.4 Å². The zero-order chi connectivity index (χ0) is 17.8. The molecule has 0 radical (unpaired) electrons. The molecule has 0 aliphatic heterocycles. The first-order valence-electron chi connectivity index (χ1n) is 8.72. The van der Waals surface area contributed by atoms with Crippen molar-refractivity contribution in [1.29, 1.82) is 0 Å². The lowest BCUT2D eigenvalue weighted by atomic mass is 9.99. The third kappa shape index (κ3) is 3.74. The molecule has 4 rings (SSSR count). The SMILES string of the molecule is S=C(CCc1ccccc1-c1nccs1)CCc1ccnc2[nH]ccc12. The summed E-state index contributed by atoms with van der Waals surface area (Å²) in [6.07, 6.45) is 9.45. The van der Waals surface area contributed by atoms with Crippen molar-refractivity contribution in [3.05, 3.63) is 71.5 Å². The standard InChI is InChI=1S/C21H19N3S2/c25-17(8-6-16-9-11-22-20-18(16)10-12-23-20)7-5-15-3-1-2-4-19(15)21-24-13-14-26-21/h1-4,9-14H,5-8H2,(H,22,23). The molecular formula is C21H19N3S2. The zero-order valence-electron chi connectivity index (χ0n) is 14.3. The molecule has 0 aliphatic rings. The monoisotopic (exact) mass is 377 g/mol. The Kier molecular flexibility index (Phi) is 5.18. The number of aromatic amines is 1. The van der Waals surface area contributed by atoms with Gasteiger partial charge in [-0.25, -0.2) is 9.97 Å². The molecule has 0 fully saturated rings. The van der Waals surface area contributed by atoms with Crippen LogP contribution in [-0.4, -0.2) is 19.8 Å². The highest BCUT2D eigenvalue weighted by atomic mass is 32.1. The first kappa shape index (κ1) is 17.1. The fraction of sp³-hybridized carbons (Fsp3) is 0.190. The molecule has 1 aromatic carbocycles. The van der Waals surface area contributed by atoms with Gasteiger partial charge in [-0.05, 0) is 53.8 Å². The molecule has 0 saturated carbocycles. The summed E-state index contributed by atoms with van der Waals surface area (Å²) >= 11 is 7.34. The summed E-state index contributed by atoms with van der Waals surface area (Å²) in [6, 6.07) is 12.7. The number of aromatic nitrogens is 3. The predicted molar refractivity (Wildman–Crippen MR) is 113 cm³/mol. The Hall–Kier alpha value is -2.37. The Bertz CT molecular complexity index is 1020. The highest BCUT2D eigenvalue weighted by molar-refractivity contribution is 7.80. The zero-order valence-corrected chi connectivity index (χ0v) is 15.9. The second-order valence-corrected chi connectivity index (χ2v) is 7.72. The fourth-order valence-electron chi connectivity index (χ4n) is 3.21. The lowest BCUT2D eigenvalue weighted by Crippen LogP contribution is -2.01. The summed E-state index contributed by atoms with van der Waals surface area (Å²) in [7, 11) is 0. The molecular weight excluding hydrogens is 358 g/mol. The van der Waals surface area contributed by atoms with E-state index in [9.17, 15) is 0 Å². The molecule has 130 valence electrons. The average molecular weight is 378 g/mol. The molecule has 0 unspecified atom stereocenters. The summed E-state index contributed by atoms with van der Waals surface area (Å²) in [6.45, 7) is 0. The number of nitrogens with one attached hydrogen (secondary N) is 1. The molecule has 0 saturated heterocycles. The molecule has 1 N–H and O–H groups in total. The smallest absolute Gasteiger partial charge is 0.137 e. The second-order valence-electron chi connectivity index (χ2n) is 6.24. The first-order valence-corrected chi connectivity index (χ1v) is 10.0. The van der Waals surface area contributed by atoms with Crippen molar-refractivity contribution in [2.45, 2.75) is 25.7 Å². The Balaban J connectivity index is 1.39. The van der Waals surface area contributed by atoms with E-state index in [1.807, 2.05) is 24.0 Å². The van der Waals surface area contributed by atoms with E-state index in [0.29, 0.717) is 0 Å². The number of H-pyrrole nitrogens is 1. The average Bonchev–Trinajstić information content (AvgIpc) is 3.36. The number of rotatable bonds is 7. The topological polar surface area (TPSA) is 41.6 Å². The van der Waals surface area contributed by atoms with Crippen LogP contribution in [0.25, 0.3) is 21.6 Å². The third-order valence-electron chi connectivity index (χ3n) is 4.58. The van der Waals surface area contributed by atoms with Crippen LogP contribution in [0, 0.1) is 0 Å². The largest absolute Gasteiger partial charge is 0.346 e. The third-order valence-corrected chi connectivity index (χ3v) is 5.79.